The van der Waals surface area contributed by atoms with E-state index in [1.165, 1.54) is 0 Å². The average molecular weight is 311 g/mol. The third kappa shape index (κ3) is 3.28. The van der Waals surface area contributed by atoms with E-state index >= 15 is 0 Å². The van der Waals surface area contributed by atoms with Gasteiger partial charge < -0.3 is 14.7 Å². The SMILES string of the molecule is CC1(c2ccccc2)CN(C(=O)C(O)c2ccccc2)CCO1. The molecule has 2 aromatic carbocycles. The van der Waals surface area contributed by atoms with Gasteiger partial charge in [0, 0.05) is 6.54 Å². The van der Waals surface area contributed by atoms with Gasteiger partial charge >= 0.3 is 0 Å². The van der Waals surface area contributed by atoms with Gasteiger partial charge in [-0.1, -0.05) is 60.7 Å². The van der Waals surface area contributed by atoms with E-state index < -0.39 is 11.7 Å². The molecule has 2 aromatic rings. The van der Waals surface area contributed by atoms with Crippen LogP contribution in [0.5, 0.6) is 0 Å². The van der Waals surface area contributed by atoms with Gasteiger partial charge in [0.05, 0.1) is 13.2 Å². The van der Waals surface area contributed by atoms with E-state index in [0.29, 0.717) is 25.3 Å². The Labute approximate surface area is 136 Å². The van der Waals surface area contributed by atoms with Crippen molar-refractivity contribution in [1.82, 2.24) is 4.90 Å². The molecule has 0 aliphatic carbocycles. The largest absolute Gasteiger partial charge is 0.378 e. The van der Waals surface area contributed by atoms with Crippen LogP contribution in [0, 0.1) is 0 Å². The molecule has 120 valence electrons. The van der Waals surface area contributed by atoms with E-state index in [0.717, 1.165) is 5.56 Å². The number of rotatable bonds is 3. The van der Waals surface area contributed by atoms with Crippen LogP contribution in [-0.2, 0) is 15.1 Å². The second kappa shape index (κ2) is 6.52. The summed E-state index contributed by atoms with van der Waals surface area (Å²) in [5, 5.41) is 10.4. The van der Waals surface area contributed by atoms with Crippen LogP contribution in [0.3, 0.4) is 0 Å². The maximum atomic E-state index is 12.6. The molecule has 23 heavy (non-hydrogen) atoms. The molecule has 1 fully saturated rings. The lowest BCUT2D eigenvalue weighted by atomic mass is 9.93. The van der Waals surface area contributed by atoms with Crippen LogP contribution < -0.4 is 0 Å². The molecule has 0 spiro atoms. The lowest BCUT2D eigenvalue weighted by Gasteiger charge is -2.41. The summed E-state index contributed by atoms with van der Waals surface area (Å²) in [6.07, 6.45) is -1.13. The van der Waals surface area contributed by atoms with Crippen LogP contribution in [0.25, 0.3) is 0 Å². The highest BCUT2D eigenvalue weighted by Gasteiger charge is 2.37. The average Bonchev–Trinajstić information content (AvgIpc) is 2.62. The van der Waals surface area contributed by atoms with Crippen molar-refractivity contribution >= 4 is 5.91 Å². The third-order valence-electron chi connectivity index (χ3n) is 4.32. The van der Waals surface area contributed by atoms with Crippen molar-refractivity contribution in [2.24, 2.45) is 0 Å². The van der Waals surface area contributed by atoms with Crippen LogP contribution in [0.1, 0.15) is 24.2 Å². The Hall–Kier alpha value is -2.17. The summed E-state index contributed by atoms with van der Waals surface area (Å²) in [4.78, 5) is 14.3. The second-order valence-electron chi connectivity index (χ2n) is 6.02. The first-order chi connectivity index (χ1) is 11.1. The molecular weight excluding hydrogens is 290 g/mol. The quantitative estimate of drug-likeness (QED) is 0.947. The summed E-state index contributed by atoms with van der Waals surface area (Å²) in [6, 6.07) is 18.9. The minimum Gasteiger partial charge on any atom is -0.378 e. The van der Waals surface area contributed by atoms with Gasteiger partial charge in [0.15, 0.2) is 6.10 Å². The predicted molar refractivity (Wildman–Crippen MR) is 87.7 cm³/mol. The summed E-state index contributed by atoms with van der Waals surface area (Å²) in [5.74, 6) is -0.276. The number of carbonyl (C=O) groups is 1. The number of ether oxygens (including phenoxy) is 1. The van der Waals surface area contributed by atoms with Gasteiger partial charge in [-0.25, -0.2) is 0 Å². The lowest BCUT2D eigenvalue weighted by molar-refractivity contribution is -0.158. The Morgan fingerprint density at radius 2 is 1.74 bits per heavy atom. The first-order valence-corrected chi connectivity index (χ1v) is 7.81. The van der Waals surface area contributed by atoms with E-state index in [-0.39, 0.29) is 5.91 Å². The maximum absolute atomic E-state index is 12.6. The van der Waals surface area contributed by atoms with Crippen LogP contribution in [0.2, 0.25) is 0 Å². The zero-order valence-electron chi connectivity index (χ0n) is 13.2. The Morgan fingerprint density at radius 3 is 2.39 bits per heavy atom. The summed E-state index contributed by atoms with van der Waals surface area (Å²) < 4.78 is 5.94. The van der Waals surface area contributed by atoms with Gasteiger partial charge in [0.1, 0.15) is 5.60 Å². The van der Waals surface area contributed by atoms with E-state index in [1.807, 2.05) is 55.5 Å². The summed E-state index contributed by atoms with van der Waals surface area (Å²) in [5.41, 5.74) is 1.10. The van der Waals surface area contributed by atoms with Crippen LogP contribution in [0.4, 0.5) is 0 Å². The molecule has 2 unspecified atom stereocenters. The van der Waals surface area contributed by atoms with E-state index in [4.69, 9.17) is 4.74 Å². The monoisotopic (exact) mass is 311 g/mol. The molecule has 1 aliphatic rings. The molecule has 0 saturated carbocycles. The molecule has 0 bridgehead atoms. The predicted octanol–water partition coefficient (Wildman–Crippen LogP) is 2.49. The number of hydrogen-bond acceptors (Lipinski definition) is 3. The zero-order valence-corrected chi connectivity index (χ0v) is 13.2. The third-order valence-corrected chi connectivity index (χ3v) is 4.32. The summed E-state index contributed by atoms with van der Waals surface area (Å²) >= 11 is 0. The van der Waals surface area contributed by atoms with Gasteiger partial charge in [-0.3, -0.25) is 4.79 Å². The van der Waals surface area contributed by atoms with Crippen molar-refractivity contribution in [2.45, 2.75) is 18.6 Å². The smallest absolute Gasteiger partial charge is 0.256 e. The highest BCUT2D eigenvalue weighted by Crippen LogP contribution is 2.30. The van der Waals surface area contributed by atoms with Gasteiger partial charge in [0.25, 0.3) is 5.91 Å². The Balaban J connectivity index is 1.77. The fourth-order valence-corrected chi connectivity index (χ4v) is 2.97. The molecule has 1 aliphatic heterocycles. The fraction of sp³-hybridized carbons (Fsp3) is 0.316. The molecule has 4 heteroatoms. The van der Waals surface area contributed by atoms with Crippen LogP contribution in [-0.4, -0.2) is 35.6 Å². The van der Waals surface area contributed by atoms with Crippen molar-refractivity contribution in [1.29, 1.82) is 0 Å². The Bertz CT molecular complexity index is 659. The zero-order chi connectivity index (χ0) is 16.3. The number of carbonyl (C=O) groups excluding carboxylic acids is 1. The van der Waals surface area contributed by atoms with Crippen LogP contribution in [0.15, 0.2) is 60.7 Å². The number of hydrogen-bond donors (Lipinski definition) is 1. The first kappa shape index (κ1) is 15.7. The maximum Gasteiger partial charge on any atom is 0.256 e. The highest BCUT2D eigenvalue weighted by atomic mass is 16.5. The number of aliphatic hydroxyl groups excluding tert-OH is 1. The molecule has 2 atom stereocenters. The number of aliphatic hydroxyl groups is 1. The van der Waals surface area contributed by atoms with Crippen molar-refractivity contribution < 1.29 is 14.6 Å². The normalized spacial score (nSPS) is 22.6. The standard InChI is InChI=1S/C19H21NO3/c1-19(16-10-6-3-7-11-16)14-20(12-13-23-19)18(22)17(21)15-8-4-2-5-9-15/h2-11,17,21H,12-14H2,1H3. The highest BCUT2D eigenvalue weighted by molar-refractivity contribution is 5.82. The Kier molecular flexibility index (Phi) is 4.46. The number of nitrogens with zero attached hydrogens (tertiary/aromatic N) is 1. The summed E-state index contributed by atoms with van der Waals surface area (Å²) in [7, 11) is 0. The van der Waals surface area contributed by atoms with E-state index in [2.05, 4.69) is 0 Å². The van der Waals surface area contributed by atoms with Gasteiger partial charge in [0.2, 0.25) is 0 Å². The number of amides is 1. The first-order valence-electron chi connectivity index (χ1n) is 7.81. The molecule has 0 aromatic heterocycles. The minimum absolute atomic E-state index is 0.276. The fourth-order valence-electron chi connectivity index (χ4n) is 2.97. The molecule has 1 heterocycles. The van der Waals surface area contributed by atoms with Crippen molar-refractivity contribution in [3.05, 3.63) is 71.8 Å². The van der Waals surface area contributed by atoms with E-state index in [9.17, 15) is 9.90 Å². The van der Waals surface area contributed by atoms with E-state index in [1.54, 1.807) is 17.0 Å². The Morgan fingerprint density at radius 1 is 1.13 bits per heavy atom. The molecule has 0 radical (unpaired) electrons. The minimum atomic E-state index is -1.13. The second-order valence-corrected chi connectivity index (χ2v) is 6.02. The van der Waals surface area contributed by atoms with Gasteiger partial charge in [-0.15, -0.1) is 0 Å². The van der Waals surface area contributed by atoms with Crippen LogP contribution >= 0.6 is 0 Å². The molecule has 1 saturated heterocycles. The van der Waals surface area contributed by atoms with Gasteiger partial charge in [-0.05, 0) is 18.1 Å². The molecule has 4 nitrogen and oxygen atoms in total. The lowest BCUT2D eigenvalue weighted by Crippen LogP contribution is -2.51. The molecular formula is C19H21NO3. The molecule has 3 rings (SSSR count). The van der Waals surface area contributed by atoms with Crippen molar-refractivity contribution in [2.75, 3.05) is 19.7 Å². The number of morpholine rings is 1. The van der Waals surface area contributed by atoms with Crippen molar-refractivity contribution in [3.63, 3.8) is 0 Å². The summed E-state index contributed by atoms with van der Waals surface area (Å²) in [6.45, 7) is 3.36. The number of benzene rings is 2. The topological polar surface area (TPSA) is 49.8 Å². The van der Waals surface area contributed by atoms with Gasteiger partial charge in [-0.2, -0.15) is 0 Å². The molecule has 1 N–H and O–H groups in total. The van der Waals surface area contributed by atoms with Crippen molar-refractivity contribution in [3.8, 4) is 0 Å². The molecule has 1 amide bonds.